The number of anilines is 1. The first-order valence-electron chi connectivity index (χ1n) is 6.42. The molecule has 0 heterocycles. The molecule has 0 bridgehead atoms. The van der Waals surface area contributed by atoms with E-state index >= 15 is 0 Å². The fourth-order valence-corrected chi connectivity index (χ4v) is 2.35. The number of aliphatic hydroxyl groups excluding tert-OH is 2. The third kappa shape index (κ3) is 3.72. The Morgan fingerprint density at radius 1 is 1.06 bits per heavy atom. The standard InChI is InChI=1S/C14H21NO2/c16-10-9-11-1-3-12(4-2-11)15-13-5-7-14(17)8-6-13/h1-4,13-17H,5-10H2. The van der Waals surface area contributed by atoms with Crippen LogP contribution >= 0.6 is 0 Å². The van der Waals surface area contributed by atoms with E-state index in [9.17, 15) is 5.11 Å². The zero-order chi connectivity index (χ0) is 12.1. The lowest BCUT2D eigenvalue weighted by atomic mass is 9.93. The minimum absolute atomic E-state index is 0.0972. The topological polar surface area (TPSA) is 52.5 Å². The molecule has 0 aromatic heterocycles. The number of benzene rings is 1. The van der Waals surface area contributed by atoms with Crippen LogP contribution in [0.3, 0.4) is 0 Å². The van der Waals surface area contributed by atoms with Crippen molar-refractivity contribution >= 4 is 5.69 Å². The Hall–Kier alpha value is -1.06. The molecule has 3 N–H and O–H groups in total. The zero-order valence-electron chi connectivity index (χ0n) is 10.1. The average Bonchev–Trinajstić information content (AvgIpc) is 2.35. The van der Waals surface area contributed by atoms with Gasteiger partial charge in [0.15, 0.2) is 0 Å². The lowest BCUT2D eigenvalue weighted by Gasteiger charge is -2.27. The molecule has 1 aromatic carbocycles. The largest absolute Gasteiger partial charge is 0.396 e. The lowest BCUT2D eigenvalue weighted by molar-refractivity contribution is 0.126. The van der Waals surface area contributed by atoms with Crippen molar-refractivity contribution in [2.24, 2.45) is 0 Å². The summed E-state index contributed by atoms with van der Waals surface area (Å²) in [5.41, 5.74) is 2.30. The van der Waals surface area contributed by atoms with Crippen molar-refractivity contribution in [1.82, 2.24) is 0 Å². The molecular weight excluding hydrogens is 214 g/mol. The highest BCUT2D eigenvalue weighted by atomic mass is 16.3. The Morgan fingerprint density at radius 2 is 1.71 bits per heavy atom. The van der Waals surface area contributed by atoms with Gasteiger partial charge in [0.1, 0.15) is 0 Å². The fraction of sp³-hybridized carbons (Fsp3) is 0.571. The molecule has 1 aliphatic rings. The predicted molar refractivity (Wildman–Crippen MR) is 69.1 cm³/mol. The summed E-state index contributed by atoms with van der Waals surface area (Å²) in [7, 11) is 0. The Kier molecular flexibility index (Phi) is 4.40. The number of nitrogens with one attached hydrogen (secondary N) is 1. The molecule has 0 radical (unpaired) electrons. The first kappa shape index (κ1) is 12.4. The molecule has 2 rings (SSSR count). The Bertz CT molecular complexity index is 329. The van der Waals surface area contributed by atoms with Gasteiger partial charge in [-0.1, -0.05) is 12.1 Å². The molecule has 1 fully saturated rings. The molecular formula is C14H21NO2. The average molecular weight is 235 g/mol. The molecule has 94 valence electrons. The van der Waals surface area contributed by atoms with Crippen molar-refractivity contribution in [2.75, 3.05) is 11.9 Å². The molecule has 0 unspecified atom stereocenters. The van der Waals surface area contributed by atoms with Gasteiger partial charge in [-0.25, -0.2) is 0 Å². The van der Waals surface area contributed by atoms with Crippen LogP contribution in [0.25, 0.3) is 0 Å². The zero-order valence-corrected chi connectivity index (χ0v) is 10.1. The highest BCUT2D eigenvalue weighted by Gasteiger charge is 2.18. The van der Waals surface area contributed by atoms with Gasteiger partial charge >= 0.3 is 0 Å². The van der Waals surface area contributed by atoms with Crippen LogP contribution in [-0.4, -0.2) is 29.0 Å². The van der Waals surface area contributed by atoms with E-state index in [-0.39, 0.29) is 12.7 Å². The van der Waals surface area contributed by atoms with E-state index in [1.807, 2.05) is 0 Å². The second kappa shape index (κ2) is 6.03. The van der Waals surface area contributed by atoms with Crippen LogP contribution in [0.5, 0.6) is 0 Å². The monoisotopic (exact) mass is 235 g/mol. The number of hydrogen-bond donors (Lipinski definition) is 3. The molecule has 0 amide bonds. The molecule has 17 heavy (non-hydrogen) atoms. The van der Waals surface area contributed by atoms with Gasteiger partial charge in [0.25, 0.3) is 0 Å². The fourth-order valence-electron chi connectivity index (χ4n) is 2.35. The van der Waals surface area contributed by atoms with E-state index in [4.69, 9.17) is 5.11 Å². The summed E-state index contributed by atoms with van der Waals surface area (Å²) < 4.78 is 0. The van der Waals surface area contributed by atoms with Gasteiger partial charge in [-0.3, -0.25) is 0 Å². The highest BCUT2D eigenvalue weighted by molar-refractivity contribution is 5.45. The Morgan fingerprint density at radius 3 is 2.29 bits per heavy atom. The van der Waals surface area contributed by atoms with Gasteiger partial charge in [0.2, 0.25) is 0 Å². The molecule has 1 saturated carbocycles. The van der Waals surface area contributed by atoms with Crippen LogP contribution in [0.4, 0.5) is 5.69 Å². The summed E-state index contributed by atoms with van der Waals surface area (Å²) in [6.07, 6.45) is 4.51. The van der Waals surface area contributed by atoms with E-state index < -0.39 is 0 Å². The number of aliphatic hydroxyl groups is 2. The van der Waals surface area contributed by atoms with Crippen LogP contribution in [0, 0.1) is 0 Å². The van der Waals surface area contributed by atoms with Gasteiger partial charge in [-0.2, -0.15) is 0 Å². The molecule has 3 nitrogen and oxygen atoms in total. The van der Waals surface area contributed by atoms with Gasteiger partial charge < -0.3 is 15.5 Å². The van der Waals surface area contributed by atoms with E-state index in [0.717, 1.165) is 43.4 Å². The van der Waals surface area contributed by atoms with E-state index in [1.165, 1.54) is 0 Å². The van der Waals surface area contributed by atoms with Gasteiger partial charge in [0, 0.05) is 18.3 Å². The Balaban J connectivity index is 1.86. The van der Waals surface area contributed by atoms with Crippen molar-refractivity contribution in [3.05, 3.63) is 29.8 Å². The van der Waals surface area contributed by atoms with Crippen molar-refractivity contribution in [1.29, 1.82) is 0 Å². The van der Waals surface area contributed by atoms with Gasteiger partial charge in [-0.15, -0.1) is 0 Å². The molecule has 0 spiro atoms. The summed E-state index contributed by atoms with van der Waals surface area (Å²) in [6, 6.07) is 8.72. The van der Waals surface area contributed by atoms with Crippen LogP contribution in [0.1, 0.15) is 31.2 Å². The second-order valence-corrected chi connectivity index (χ2v) is 4.82. The maximum absolute atomic E-state index is 9.44. The first-order valence-corrected chi connectivity index (χ1v) is 6.42. The third-order valence-electron chi connectivity index (χ3n) is 3.42. The van der Waals surface area contributed by atoms with Crippen LogP contribution in [0.15, 0.2) is 24.3 Å². The second-order valence-electron chi connectivity index (χ2n) is 4.82. The van der Waals surface area contributed by atoms with Crippen molar-refractivity contribution in [3.8, 4) is 0 Å². The lowest BCUT2D eigenvalue weighted by Crippen LogP contribution is -2.28. The third-order valence-corrected chi connectivity index (χ3v) is 3.42. The van der Waals surface area contributed by atoms with E-state index in [2.05, 4.69) is 29.6 Å². The minimum atomic E-state index is -0.0972. The molecule has 0 atom stereocenters. The summed E-state index contributed by atoms with van der Waals surface area (Å²) >= 11 is 0. The molecule has 1 aromatic rings. The maximum Gasteiger partial charge on any atom is 0.0541 e. The molecule has 3 heteroatoms. The summed E-state index contributed by atoms with van der Waals surface area (Å²) in [6.45, 7) is 0.202. The van der Waals surface area contributed by atoms with Crippen molar-refractivity contribution in [2.45, 2.75) is 44.2 Å². The normalized spacial score (nSPS) is 24.6. The highest BCUT2D eigenvalue weighted by Crippen LogP contribution is 2.22. The number of rotatable bonds is 4. The molecule has 1 aliphatic carbocycles. The maximum atomic E-state index is 9.44. The van der Waals surface area contributed by atoms with Crippen LogP contribution < -0.4 is 5.32 Å². The van der Waals surface area contributed by atoms with E-state index in [1.54, 1.807) is 0 Å². The van der Waals surface area contributed by atoms with Gasteiger partial charge in [0.05, 0.1) is 6.10 Å². The minimum Gasteiger partial charge on any atom is -0.396 e. The van der Waals surface area contributed by atoms with Crippen molar-refractivity contribution < 1.29 is 10.2 Å². The molecule has 0 aliphatic heterocycles. The van der Waals surface area contributed by atoms with Crippen LogP contribution in [-0.2, 0) is 6.42 Å². The number of hydrogen-bond acceptors (Lipinski definition) is 3. The van der Waals surface area contributed by atoms with Crippen LogP contribution in [0.2, 0.25) is 0 Å². The SMILES string of the molecule is OCCc1ccc(NC2CCC(O)CC2)cc1. The van der Waals surface area contributed by atoms with Gasteiger partial charge in [-0.05, 0) is 49.8 Å². The Labute approximate surface area is 102 Å². The van der Waals surface area contributed by atoms with Crippen molar-refractivity contribution in [3.63, 3.8) is 0 Å². The van der Waals surface area contributed by atoms with E-state index in [0.29, 0.717) is 6.04 Å². The molecule has 0 saturated heterocycles. The first-order chi connectivity index (χ1) is 8.28. The predicted octanol–water partition coefficient (Wildman–Crippen LogP) is 1.94. The summed E-state index contributed by atoms with van der Waals surface area (Å²) in [5.74, 6) is 0. The quantitative estimate of drug-likeness (QED) is 0.747. The summed E-state index contributed by atoms with van der Waals surface area (Å²) in [4.78, 5) is 0. The smallest absolute Gasteiger partial charge is 0.0541 e. The summed E-state index contributed by atoms with van der Waals surface area (Å²) in [5, 5.41) is 21.8.